The molecule has 3 nitrogen and oxygen atoms in total. The molecule has 0 radical (unpaired) electrons. The van der Waals surface area contributed by atoms with E-state index < -0.39 is 0 Å². The van der Waals surface area contributed by atoms with Gasteiger partial charge in [-0.3, -0.25) is 5.43 Å². The Morgan fingerprint density at radius 3 is 2.63 bits per heavy atom. The molecule has 2 rings (SSSR count). The van der Waals surface area contributed by atoms with E-state index in [2.05, 4.69) is 24.3 Å². The summed E-state index contributed by atoms with van der Waals surface area (Å²) < 4.78 is 13.3. The number of hydrogen-bond donors (Lipinski definition) is 1. The fourth-order valence-electron chi connectivity index (χ4n) is 2.73. The zero-order chi connectivity index (χ0) is 13.8. The molecule has 102 valence electrons. The van der Waals surface area contributed by atoms with Gasteiger partial charge in [0.25, 0.3) is 0 Å². The van der Waals surface area contributed by atoms with Crippen molar-refractivity contribution in [2.75, 3.05) is 0 Å². The lowest BCUT2D eigenvalue weighted by Gasteiger charge is -2.39. The van der Waals surface area contributed by atoms with Gasteiger partial charge in [0.05, 0.1) is 11.6 Å². The monoisotopic (exact) mass is 261 g/mol. The van der Waals surface area contributed by atoms with Crippen molar-refractivity contribution in [2.45, 2.75) is 51.7 Å². The average molecular weight is 261 g/mol. The number of nitriles is 1. The van der Waals surface area contributed by atoms with Crippen molar-refractivity contribution in [1.82, 2.24) is 10.4 Å². The maximum Gasteiger partial charge on any atom is 0.124 e. The van der Waals surface area contributed by atoms with Gasteiger partial charge in [-0.1, -0.05) is 6.42 Å². The number of benzene rings is 1. The van der Waals surface area contributed by atoms with Crippen LogP contribution in [-0.4, -0.2) is 17.1 Å². The molecule has 19 heavy (non-hydrogen) atoms. The number of piperidine rings is 1. The van der Waals surface area contributed by atoms with Crippen molar-refractivity contribution < 1.29 is 4.39 Å². The lowest BCUT2D eigenvalue weighted by molar-refractivity contribution is 0.0435. The Hall–Kier alpha value is -1.44. The molecule has 4 heteroatoms. The summed E-state index contributed by atoms with van der Waals surface area (Å²) in [4.78, 5) is 0. The van der Waals surface area contributed by atoms with Crippen LogP contribution in [0.3, 0.4) is 0 Å². The summed E-state index contributed by atoms with van der Waals surface area (Å²) in [7, 11) is 0. The van der Waals surface area contributed by atoms with Crippen LogP contribution in [0.25, 0.3) is 0 Å². The molecule has 1 saturated heterocycles. The first-order valence-electron chi connectivity index (χ1n) is 6.81. The quantitative estimate of drug-likeness (QED) is 0.909. The van der Waals surface area contributed by atoms with Crippen molar-refractivity contribution in [1.29, 1.82) is 5.26 Å². The molecule has 0 aliphatic carbocycles. The second kappa shape index (κ2) is 6.14. The van der Waals surface area contributed by atoms with Crippen LogP contribution in [0.1, 0.15) is 44.2 Å². The molecule has 1 heterocycles. The van der Waals surface area contributed by atoms with Crippen molar-refractivity contribution in [2.24, 2.45) is 0 Å². The van der Waals surface area contributed by atoms with Gasteiger partial charge in [0, 0.05) is 18.6 Å². The summed E-state index contributed by atoms with van der Waals surface area (Å²) in [5, 5.41) is 11.1. The van der Waals surface area contributed by atoms with Gasteiger partial charge in [-0.05, 0) is 50.5 Å². The normalized spacial score (nSPS) is 24.1. The minimum Gasteiger partial charge on any atom is -0.250 e. The Morgan fingerprint density at radius 2 is 2.00 bits per heavy atom. The number of hydrogen-bond acceptors (Lipinski definition) is 3. The van der Waals surface area contributed by atoms with Crippen LogP contribution in [0.15, 0.2) is 18.2 Å². The molecule has 1 aliphatic rings. The van der Waals surface area contributed by atoms with Crippen LogP contribution in [-0.2, 0) is 6.54 Å². The third-order valence-corrected chi connectivity index (χ3v) is 3.75. The van der Waals surface area contributed by atoms with Crippen LogP contribution in [0, 0.1) is 17.1 Å². The van der Waals surface area contributed by atoms with Crippen LogP contribution >= 0.6 is 0 Å². The number of hydrazine groups is 1. The summed E-state index contributed by atoms with van der Waals surface area (Å²) in [6.45, 7) is 4.96. The van der Waals surface area contributed by atoms with Crippen molar-refractivity contribution in [3.05, 3.63) is 35.1 Å². The Balaban J connectivity index is 2.02. The molecule has 1 N–H and O–H groups in total. The van der Waals surface area contributed by atoms with Gasteiger partial charge < -0.3 is 0 Å². The van der Waals surface area contributed by atoms with Crippen LogP contribution in [0.2, 0.25) is 0 Å². The highest BCUT2D eigenvalue weighted by molar-refractivity contribution is 5.33. The van der Waals surface area contributed by atoms with E-state index >= 15 is 0 Å². The molecule has 1 aliphatic heterocycles. The van der Waals surface area contributed by atoms with Gasteiger partial charge in [-0.25, -0.2) is 9.40 Å². The molecule has 0 aromatic heterocycles. The standard InChI is InChI=1S/C15H20FN3/c1-11-4-3-5-12(2)19(11)18-10-14-6-13(9-17)7-15(16)8-14/h6-8,11-12,18H,3-5,10H2,1-2H3. The largest absolute Gasteiger partial charge is 0.250 e. The Labute approximate surface area is 114 Å². The molecule has 0 spiro atoms. The summed E-state index contributed by atoms with van der Waals surface area (Å²) in [6.07, 6.45) is 3.63. The third-order valence-electron chi connectivity index (χ3n) is 3.75. The molecule has 1 fully saturated rings. The average Bonchev–Trinajstić information content (AvgIpc) is 2.37. The number of nitrogens with zero attached hydrogens (tertiary/aromatic N) is 2. The second-order valence-electron chi connectivity index (χ2n) is 5.33. The summed E-state index contributed by atoms with van der Waals surface area (Å²) in [5.41, 5.74) is 4.55. The fourth-order valence-corrected chi connectivity index (χ4v) is 2.73. The molecule has 0 amide bonds. The first-order valence-corrected chi connectivity index (χ1v) is 6.81. The van der Waals surface area contributed by atoms with Crippen molar-refractivity contribution in [3.8, 4) is 6.07 Å². The van der Waals surface area contributed by atoms with E-state index in [1.807, 2.05) is 6.07 Å². The van der Waals surface area contributed by atoms with Gasteiger partial charge >= 0.3 is 0 Å². The molecule has 1 aromatic carbocycles. The van der Waals surface area contributed by atoms with Crippen LogP contribution < -0.4 is 5.43 Å². The Morgan fingerprint density at radius 1 is 1.32 bits per heavy atom. The molecular formula is C15H20FN3. The van der Waals surface area contributed by atoms with Gasteiger partial charge in [0.15, 0.2) is 0 Å². The van der Waals surface area contributed by atoms with E-state index in [0.29, 0.717) is 24.2 Å². The maximum absolute atomic E-state index is 13.3. The molecule has 0 saturated carbocycles. The van der Waals surface area contributed by atoms with E-state index in [1.54, 1.807) is 6.07 Å². The molecule has 0 bridgehead atoms. The van der Waals surface area contributed by atoms with Gasteiger partial charge in [0.1, 0.15) is 5.82 Å². The van der Waals surface area contributed by atoms with E-state index in [0.717, 1.165) is 5.56 Å². The van der Waals surface area contributed by atoms with Crippen LogP contribution in [0.4, 0.5) is 4.39 Å². The predicted molar refractivity (Wildman–Crippen MR) is 72.6 cm³/mol. The molecule has 2 unspecified atom stereocenters. The van der Waals surface area contributed by atoms with E-state index in [4.69, 9.17) is 5.26 Å². The lowest BCUT2D eigenvalue weighted by atomic mass is 10.00. The summed E-state index contributed by atoms with van der Waals surface area (Å²) >= 11 is 0. The van der Waals surface area contributed by atoms with Gasteiger partial charge in [-0.15, -0.1) is 0 Å². The predicted octanol–water partition coefficient (Wildman–Crippen LogP) is 2.96. The first kappa shape index (κ1) is 14.0. The smallest absolute Gasteiger partial charge is 0.124 e. The van der Waals surface area contributed by atoms with E-state index in [1.165, 1.54) is 31.4 Å². The minimum atomic E-state index is -0.351. The Kier molecular flexibility index (Phi) is 4.52. The van der Waals surface area contributed by atoms with Crippen molar-refractivity contribution >= 4 is 0 Å². The second-order valence-corrected chi connectivity index (χ2v) is 5.33. The highest BCUT2D eigenvalue weighted by atomic mass is 19.1. The lowest BCUT2D eigenvalue weighted by Crippen LogP contribution is -2.51. The molecular weight excluding hydrogens is 241 g/mol. The SMILES string of the molecule is CC1CCCC(C)N1NCc1cc(F)cc(C#N)c1. The fraction of sp³-hybridized carbons (Fsp3) is 0.533. The highest BCUT2D eigenvalue weighted by Gasteiger charge is 2.24. The minimum absolute atomic E-state index is 0.351. The van der Waals surface area contributed by atoms with E-state index in [-0.39, 0.29) is 5.82 Å². The van der Waals surface area contributed by atoms with Gasteiger partial charge in [-0.2, -0.15) is 5.26 Å². The zero-order valence-electron chi connectivity index (χ0n) is 11.5. The third kappa shape index (κ3) is 3.52. The zero-order valence-corrected chi connectivity index (χ0v) is 11.5. The van der Waals surface area contributed by atoms with Crippen LogP contribution in [0.5, 0.6) is 0 Å². The topological polar surface area (TPSA) is 39.1 Å². The molecule has 1 aromatic rings. The summed E-state index contributed by atoms with van der Waals surface area (Å²) in [6, 6.07) is 7.44. The summed E-state index contributed by atoms with van der Waals surface area (Å²) in [5.74, 6) is -0.351. The van der Waals surface area contributed by atoms with Gasteiger partial charge in [0.2, 0.25) is 0 Å². The molecule has 2 atom stereocenters. The Bertz CT molecular complexity index is 471. The number of halogens is 1. The number of rotatable bonds is 3. The van der Waals surface area contributed by atoms with E-state index in [9.17, 15) is 4.39 Å². The number of nitrogens with one attached hydrogen (secondary N) is 1. The van der Waals surface area contributed by atoms with Crippen molar-refractivity contribution in [3.63, 3.8) is 0 Å². The highest BCUT2D eigenvalue weighted by Crippen LogP contribution is 2.20. The first-order chi connectivity index (χ1) is 9.10. The maximum atomic E-state index is 13.3.